The highest BCUT2D eigenvalue weighted by atomic mass is 35.5. The third kappa shape index (κ3) is 3.37. The van der Waals surface area contributed by atoms with Gasteiger partial charge < -0.3 is 24.5 Å². The second-order valence-electron chi connectivity index (χ2n) is 6.68. The van der Waals surface area contributed by atoms with E-state index in [2.05, 4.69) is 20.7 Å². The van der Waals surface area contributed by atoms with E-state index in [1.165, 1.54) is 20.5 Å². The standard InChI is InChI=1S/C20H20ClN5O4/c1-10-5-6-14(30-10)18-17(11(2)24-20-22-9-23-26(18)20)19(27)25-13-8-15(28-3)12(21)7-16(13)29-4/h5-9,18H,1-4H3,(H,25,27)(H,22,23,24)/t18-/m1/s1. The van der Waals surface area contributed by atoms with E-state index in [0.29, 0.717) is 45.2 Å². The second kappa shape index (κ2) is 7.75. The number of carbonyl (C=O) groups is 1. The van der Waals surface area contributed by atoms with E-state index in [1.54, 1.807) is 23.7 Å². The molecule has 0 saturated carbocycles. The number of benzene rings is 1. The minimum absolute atomic E-state index is 0.358. The van der Waals surface area contributed by atoms with Crippen LogP contribution in [-0.2, 0) is 4.79 Å². The number of nitrogens with one attached hydrogen (secondary N) is 2. The summed E-state index contributed by atoms with van der Waals surface area (Å²) >= 11 is 6.17. The van der Waals surface area contributed by atoms with Crippen molar-refractivity contribution in [2.24, 2.45) is 0 Å². The van der Waals surface area contributed by atoms with Crippen molar-refractivity contribution in [2.75, 3.05) is 24.9 Å². The number of allylic oxidation sites excluding steroid dienone is 1. The Hall–Kier alpha value is -3.46. The maximum Gasteiger partial charge on any atom is 0.256 e. The molecule has 3 aromatic rings. The first kappa shape index (κ1) is 19.8. The fourth-order valence-corrected chi connectivity index (χ4v) is 3.63. The average molecular weight is 430 g/mol. The normalized spacial score (nSPS) is 15.4. The number of amides is 1. The number of aromatic nitrogens is 3. The molecule has 0 bridgehead atoms. The van der Waals surface area contributed by atoms with Crippen LogP contribution >= 0.6 is 11.6 Å². The quantitative estimate of drug-likeness (QED) is 0.636. The Labute approximate surface area is 177 Å². The number of nitrogens with zero attached hydrogens (tertiary/aromatic N) is 3. The highest BCUT2D eigenvalue weighted by molar-refractivity contribution is 6.32. The summed E-state index contributed by atoms with van der Waals surface area (Å²) in [6.45, 7) is 3.64. The molecule has 0 radical (unpaired) electrons. The van der Waals surface area contributed by atoms with E-state index in [-0.39, 0.29) is 5.91 Å². The highest BCUT2D eigenvalue weighted by Gasteiger charge is 2.35. The zero-order valence-electron chi connectivity index (χ0n) is 16.8. The number of hydrogen-bond acceptors (Lipinski definition) is 7. The van der Waals surface area contributed by atoms with Crippen LogP contribution in [0.5, 0.6) is 11.5 Å². The fraction of sp³-hybridized carbons (Fsp3) is 0.250. The van der Waals surface area contributed by atoms with Crippen LogP contribution < -0.4 is 20.1 Å². The van der Waals surface area contributed by atoms with Gasteiger partial charge in [-0.25, -0.2) is 4.68 Å². The summed E-state index contributed by atoms with van der Waals surface area (Å²) in [5.41, 5.74) is 1.48. The number of fused-ring (bicyclic) bond motifs is 1. The van der Waals surface area contributed by atoms with Gasteiger partial charge in [-0.3, -0.25) is 4.79 Å². The number of ether oxygens (including phenoxy) is 2. The van der Waals surface area contributed by atoms with E-state index in [1.807, 2.05) is 19.1 Å². The number of halogens is 1. The molecule has 1 amide bonds. The molecule has 2 aromatic heterocycles. The molecule has 10 heteroatoms. The van der Waals surface area contributed by atoms with Crippen LogP contribution in [0, 0.1) is 6.92 Å². The minimum atomic E-state index is -0.586. The number of aryl methyl sites for hydroxylation is 1. The van der Waals surface area contributed by atoms with Gasteiger partial charge >= 0.3 is 0 Å². The number of carbonyl (C=O) groups excluding carboxylic acids is 1. The fourth-order valence-electron chi connectivity index (χ4n) is 3.40. The highest BCUT2D eigenvalue weighted by Crippen LogP contribution is 2.39. The van der Waals surface area contributed by atoms with Gasteiger partial charge in [0.05, 0.1) is 30.5 Å². The zero-order valence-corrected chi connectivity index (χ0v) is 17.6. The molecule has 4 rings (SSSR count). The lowest BCUT2D eigenvalue weighted by Gasteiger charge is -2.27. The van der Waals surface area contributed by atoms with Crippen molar-refractivity contribution in [3.05, 3.63) is 58.4 Å². The molecule has 1 aromatic carbocycles. The predicted molar refractivity (Wildman–Crippen MR) is 111 cm³/mol. The van der Waals surface area contributed by atoms with Crippen molar-refractivity contribution >= 4 is 29.1 Å². The number of hydrogen-bond donors (Lipinski definition) is 2. The maximum atomic E-state index is 13.4. The lowest BCUT2D eigenvalue weighted by Crippen LogP contribution is -2.31. The molecule has 0 saturated heterocycles. The van der Waals surface area contributed by atoms with Crippen molar-refractivity contribution in [3.63, 3.8) is 0 Å². The topological polar surface area (TPSA) is 103 Å². The summed E-state index contributed by atoms with van der Waals surface area (Å²) < 4.78 is 18.1. The van der Waals surface area contributed by atoms with Gasteiger partial charge in [0.2, 0.25) is 5.95 Å². The van der Waals surface area contributed by atoms with Gasteiger partial charge in [-0.1, -0.05) is 11.6 Å². The molecule has 1 atom stereocenters. The van der Waals surface area contributed by atoms with Crippen LogP contribution in [0.4, 0.5) is 11.6 Å². The van der Waals surface area contributed by atoms with Crippen molar-refractivity contribution in [1.82, 2.24) is 14.8 Å². The van der Waals surface area contributed by atoms with Gasteiger partial charge in [0.15, 0.2) is 0 Å². The van der Waals surface area contributed by atoms with Gasteiger partial charge in [-0.2, -0.15) is 10.1 Å². The van der Waals surface area contributed by atoms with Crippen LogP contribution in [-0.4, -0.2) is 34.9 Å². The lowest BCUT2D eigenvalue weighted by atomic mass is 10.00. The Morgan fingerprint density at radius 2 is 2.00 bits per heavy atom. The molecule has 30 heavy (non-hydrogen) atoms. The van der Waals surface area contributed by atoms with E-state index in [4.69, 9.17) is 25.5 Å². The van der Waals surface area contributed by atoms with E-state index in [9.17, 15) is 4.79 Å². The third-order valence-corrected chi connectivity index (χ3v) is 5.09. The third-order valence-electron chi connectivity index (χ3n) is 4.79. The lowest BCUT2D eigenvalue weighted by molar-refractivity contribution is -0.113. The Morgan fingerprint density at radius 3 is 2.67 bits per heavy atom. The Bertz CT molecular complexity index is 1150. The first-order valence-electron chi connectivity index (χ1n) is 9.09. The molecular weight excluding hydrogens is 410 g/mol. The molecule has 0 fully saturated rings. The van der Waals surface area contributed by atoms with Crippen molar-refractivity contribution in [2.45, 2.75) is 19.9 Å². The average Bonchev–Trinajstić information content (AvgIpc) is 3.36. The summed E-state index contributed by atoms with van der Waals surface area (Å²) in [4.78, 5) is 17.6. The van der Waals surface area contributed by atoms with E-state index >= 15 is 0 Å². The molecule has 1 aliphatic rings. The van der Waals surface area contributed by atoms with Crippen LogP contribution in [0.15, 0.2) is 46.3 Å². The number of rotatable bonds is 5. The molecule has 156 valence electrons. The van der Waals surface area contributed by atoms with E-state index in [0.717, 1.165) is 5.76 Å². The SMILES string of the molecule is COc1cc(NC(=O)C2=C(C)Nc3ncnn3[C@@H]2c2ccc(C)o2)c(OC)cc1Cl. The Balaban J connectivity index is 1.75. The minimum Gasteiger partial charge on any atom is -0.495 e. The maximum absolute atomic E-state index is 13.4. The first-order valence-corrected chi connectivity index (χ1v) is 9.47. The van der Waals surface area contributed by atoms with E-state index < -0.39 is 6.04 Å². The van der Waals surface area contributed by atoms with Gasteiger partial charge in [-0.15, -0.1) is 0 Å². The van der Waals surface area contributed by atoms with Crippen LogP contribution in [0.1, 0.15) is 24.5 Å². The van der Waals surface area contributed by atoms with Gasteiger partial charge in [0.1, 0.15) is 35.4 Å². The molecule has 1 aliphatic heterocycles. The van der Waals surface area contributed by atoms with Crippen LogP contribution in [0.3, 0.4) is 0 Å². The van der Waals surface area contributed by atoms with Crippen molar-refractivity contribution in [3.8, 4) is 11.5 Å². The Kier molecular flexibility index (Phi) is 5.13. The zero-order chi connectivity index (χ0) is 21.4. The summed E-state index contributed by atoms with van der Waals surface area (Å²) in [6.07, 6.45) is 1.42. The predicted octanol–water partition coefficient (Wildman–Crippen LogP) is 3.78. The summed E-state index contributed by atoms with van der Waals surface area (Å²) in [7, 11) is 3.00. The van der Waals surface area contributed by atoms with Gasteiger partial charge in [0, 0.05) is 17.8 Å². The monoisotopic (exact) mass is 429 g/mol. The van der Waals surface area contributed by atoms with Gasteiger partial charge in [-0.05, 0) is 26.0 Å². The molecule has 0 unspecified atom stereocenters. The summed E-state index contributed by atoms with van der Waals surface area (Å²) in [6, 6.07) is 6.27. The number of furan rings is 1. The van der Waals surface area contributed by atoms with Crippen molar-refractivity contribution in [1.29, 1.82) is 0 Å². The Morgan fingerprint density at radius 1 is 1.23 bits per heavy atom. The number of anilines is 2. The summed E-state index contributed by atoms with van der Waals surface area (Å²) in [5, 5.41) is 10.7. The second-order valence-corrected chi connectivity index (χ2v) is 7.09. The first-order chi connectivity index (χ1) is 14.4. The molecule has 3 heterocycles. The van der Waals surface area contributed by atoms with Crippen LogP contribution in [0.25, 0.3) is 0 Å². The van der Waals surface area contributed by atoms with Crippen molar-refractivity contribution < 1.29 is 18.7 Å². The molecule has 0 aliphatic carbocycles. The number of methoxy groups -OCH3 is 2. The van der Waals surface area contributed by atoms with Gasteiger partial charge in [0.25, 0.3) is 5.91 Å². The molecule has 0 spiro atoms. The summed E-state index contributed by atoms with van der Waals surface area (Å²) in [5.74, 6) is 2.29. The van der Waals surface area contributed by atoms with Crippen LogP contribution in [0.2, 0.25) is 5.02 Å². The molecule has 9 nitrogen and oxygen atoms in total. The molecule has 2 N–H and O–H groups in total. The molecular formula is C20H20ClN5O4. The smallest absolute Gasteiger partial charge is 0.256 e. The largest absolute Gasteiger partial charge is 0.495 e.